The van der Waals surface area contributed by atoms with Crippen LogP contribution in [0.25, 0.3) is 0 Å². The average molecular weight is 350 g/mol. The number of carbonyl (C=O) groups is 2. The largest absolute Gasteiger partial charge is 0.338 e. The van der Waals surface area contributed by atoms with E-state index in [0.29, 0.717) is 18.0 Å². The van der Waals surface area contributed by atoms with Crippen LogP contribution in [0.5, 0.6) is 0 Å². The molecule has 0 bridgehead atoms. The number of rotatable bonds is 3. The van der Waals surface area contributed by atoms with E-state index >= 15 is 0 Å². The molecule has 5 nitrogen and oxygen atoms in total. The predicted molar refractivity (Wildman–Crippen MR) is 94.0 cm³/mol. The maximum atomic E-state index is 12.8. The fourth-order valence-corrected chi connectivity index (χ4v) is 3.56. The summed E-state index contributed by atoms with van der Waals surface area (Å²) in [7, 11) is 2.07. The van der Waals surface area contributed by atoms with Crippen LogP contribution in [0.1, 0.15) is 18.4 Å². The van der Waals surface area contributed by atoms with Crippen molar-refractivity contribution in [3.05, 3.63) is 34.9 Å². The van der Waals surface area contributed by atoms with Crippen molar-refractivity contribution in [2.45, 2.75) is 25.3 Å². The number of piperazine rings is 1. The second-order valence-electron chi connectivity index (χ2n) is 6.68. The zero-order valence-electron chi connectivity index (χ0n) is 14.1. The Hall–Kier alpha value is -1.59. The van der Waals surface area contributed by atoms with Gasteiger partial charge in [0.15, 0.2) is 0 Å². The molecule has 0 radical (unpaired) electrons. The van der Waals surface area contributed by atoms with Crippen LogP contribution in [0.15, 0.2) is 24.3 Å². The maximum absolute atomic E-state index is 12.8. The van der Waals surface area contributed by atoms with Crippen LogP contribution in [-0.2, 0) is 16.0 Å². The summed E-state index contributed by atoms with van der Waals surface area (Å²) in [6, 6.07) is 7.04. The summed E-state index contributed by atoms with van der Waals surface area (Å²) in [4.78, 5) is 31.4. The van der Waals surface area contributed by atoms with Crippen molar-refractivity contribution in [3.8, 4) is 0 Å². The van der Waals surface area contributed by atoms with Gasteiger partial charge >= 0.3 is 0 Å². The summed E-state index contributed by atoms with van der Waals surface area (Å²) in [6.45, 7) is 3.99. The quantitative estimate of drug-likeness (QED) is 0.833. The summed E-state index contributed by atoms with van der Waals surface area (Å²) in [5.74, 6) is 0.146. The van der Waals surface area contributed by atoms with Crippen LogP contribution in [0.3, 0.4) is 0 Å². The molecule has 0 spiro atoms. The molecule has 1 aromatic carbocycles. The zero-order chi connectivity index (χ0) is 17.1. The van der Waals surface area contributed by atoms with Crippen LogP contribution >= 0.6 is 11.6 Å². The van der Waals surface area contributed by atoms with Gasteiger partial charge in [-0.25, -0.2) is 0 Å². The van der Waals surface area contributed by atoms with Gasteiger partial charge in [-0.05, 0) is 37.6 Å². The molecule has 0 aromatic heterocycles. The third-order valence-electron chi connectivity index (χ3n) is 4.94. The SMILES string of the molecule is CN1CCN(C(=O)C2CCCN2C(=O)Cc2ccc(Cl)cc2)CC1. The van der Waals surface area contributed by atoms with E-state index in [2.05, 4.69) is 11.9 Å². The van der Waals surface area contributed by atoms with Crippen LogP contribution in [0.2, 0.25) is 5.02 Å². The highest BCUT2D eigenvalue weighted by Gasteiger charge is 2.36. The lowest BCUT2D eigenvalue weighted by molar-refractivity contribution is -0.144. The van der Waals surface area contributed by atoms with Crippen LogP contribution in [-0.4, -0.2) is 72.3 Å². The third-order valence-corrected chi connectivity index (χ3v) is 5.19. The minimum Gasteiger partial charge on any atom is -0.338 e. The van der Waals surface area contributed by atoms with Gasteiger partial charge in [0, 0.05) is 37.7 Å². The van der Waals surface area contributed by atoms with Crippen LogP contribution in [0.4, 0.5) is 0 Å². The van der Waals surface area contributed by atoms with E-state index in [9.17, 15) is 9.59 Å². The highest BCUT2D eigenvalue weighted by molar-refractivity contribution is 6.30. The van der Waals surface area contributed by atoms with Crippen molar-refractivity contribution in [3.63, 3.8) is 0 Å². The first kappa shape index (κ1) is 17.2. The number of likely N-dealkylation sites (N-methyl/N-ethyl adjacent to an activating group) is 1. The van der Waals surface area contributed by atoms with Gasteiger partial charge in [0.2, 0.25) is 11.8 Å². The number of hydrogen-bond acceptors (Lipinski definition) is 3. The third kappa shape index (κ3) is 3.90. The van der Waals surface area contributed by atoms with Gasteiger partial charge in [0.1, 0.15) is 6.04 Å². The van der Waals surface area contributed by atoms with Gasteiger partial charge in [-0.1, -0.05) is 23.7 Å². The fourth-order valence-electron chi connectivity index (χ4n) is 3.44. The monoisotopic (exact) mass is 349 g/mol. The van der Waals surface area contributed by atoms with Crippen LogP contribution in [0, 0.1) is 0 Å². The van der Waals surface area contributed by atoms with Gasteiger partial charge in [-0.15, -0.1) is 0 Å². The molecule has 2 amide bonds. The summed E-state index contributed by atoms with van der Waals surface area (Å²) in [5.41, 5.74) is 0.932. The van der Waals surface area contributed by atoms with Crippen molar-refractivity contribution in [2.75, 3.05) is 39.8 Å². The van der Waals surface area contributed by atoms with E-state index in [1.165, 1.54) is 0 Å². The number of likely N-dealkylation sites (tertiary alicyclic amines) is 1. The lowest BCUT2D eigenvalue weighted by Crippen LogP contribution is -2.53. The second-order valence-corrected chi connectivity index (χ2v) is 7.11. The zero-order valence-corrected chi connectivity index (χ0v) is 14.8. The van der Waals surface area contributed by atoms with Crippen molar-refractivity contribution in [1.29, 1.82) is 0 Å². The number of benzene rings is 1. The Morgan fingerprint density at radius 2 is 1.75 bits per heavy atom. The van der Waals surface area contributed by atoms with Crippen molar-refractivity contribution >= 4 is 23.4 Å². The molecule has 2 heterocycles. The molecule has 130 valence electrons. The van der Waals surface area contributed by atoms with E-state index in [1.54, 1.807) is 17.0 Å². The molecular weight excluding hydrogens is 326 g/mol. The van der Waals surface area contributed by atoms with Crippen molar-refractivity contribution in [1.82, 2.24) is 14.7 Å². The second kappa shape index (κ2) is 7.53. The number of hydrogen-bond donors (Lipinski definition) is 0. The molecule has 0 aliphatic carbocycles. The first-order valence-electron chi connectivity index (χ1n) is 8.56. The molecular formula is C18H24ClN3O2. The lowest BCUT2D eigenvalue weighted by atomic mass is 10.1. The molecule has 1 unspecified atom stereocenters. The molecule has 6 heteroatoms. The molecule has 2 saturated heterocycles. The number of halogens is 1. The number of nitrogens with zero attached hydrogens (tertiary/aromatic N) is 3. The summed E-state index contributed by atoms with van der Waals surface area (Å²) in [6.07, 6.45) is 2.00. The highest BCUT2D eigenvalue weighted by atomic mass is 35.5. The van der Waals surface area contributed by atoms with E-state index in [1.807, 2.05) is 17.0 Å². The van der Waals surface area contributed by atoms with Gasteiger partial charge in [0.05, 0.1) is 6.42 Å². The van der Waals surface area contributed by atoms with E-state index in [4.69, 9.17) is 11.6 Å². The van der Waals surface area contributed by atoms with Gasteiger partial charge in [0.25, 0.3) is 0 Å². The molecule has 0 N–H and O–H groups in total. The standard InChI is InChI=1S/C18H24ClN3O2/c1-20-9-11-21(12-10-20)18(24)16-3-2-8-22(16)17(23)13-14-4-6-15(19)7-5-14/h4-7,16H,2-3,8-13H2,1H3. The van der Waals surface area contributed by atoms with Gasteiger partial charge in [-0.3, -0.25) is 9.59 Å². The lowest BCUT2D eigenvalue weighted by Gasteiger charge is -2.35. The average Bonchev–Trinajstić information content (AvgIpc) is 3.07. The molecule has 2 aliphatic rings. The molecule has 0 saturated carbocycles. The molecule has 2 fully saturated rings. The Labute approximate surface area is 148 Å². The molecule has 24 heavy (non-hydrogen) atoms. The Morgan fingerprint density at radius 1 is 1.08 bits per heavy atom. The normalized spacial score (nSPS) is 22.0. The van der Waals surface area contributed by atoms with Crippen molar-refractivity contribution < 1.29 is 9.59 Å². The summed E-state index contributed by atoms with van der Waals surface area (Å²) < 4.78 is 0. The summed E-state index contributed by atoms with van der Waals surface area (Å²) >= 11 is 5.89. The Morgan fingerprint density at radius 3 is 2.42 bits per heavy atom. The Kier molecular flexibility index (Phi) is 5.41. The van der Waals surface area contributed by atoms with Crippen molar-refractivity contribution in [2.24, 2.45) is 0 Å². The minimum atomic E-state index is -0.284. The molecule has 1 atom stereocenters. The van der Waals surface area contributed by atoms with E-state index < -0.39 is 0 Å². The molecule has 2 aliphatic heterocycles. The van der Waals surface area contributed by atoms with E-state index in [0.717, 1.165) is 44.6 Å². The maximum Gasteiger partial charge on any atom is 0.245 e. The molecule has 3 rings (SSSR count). The minimum absolute atomic E-state index is 0.0299. The fraction of sp³-hybridized carbons (Fsp3) is 0.556. The first-order valence-corrected chi connectivity index (χ1v) is 8.93. The Balaban J connectivity index is 1.62. The van der Waals surface area contributed by atoms with Gasteiger partial charge < -0.3 is 14.7 Å². The van der Waals surface area contributed by atoms with Crippen LogP contribution < -0.4 is 0 Å². The number of carbonyl (C=O) groups excluding carboxylic acids is 2. The van der Waals surface area contributed by atoms with Gasteiger partial charge in [-0.2, -0.15) is 0 Å². The molecule has 1 aromatic rings. The topological polar surface area (TPSA) is 43.9 Å². The van der Waals surface area contributed by atoms with E-state index in [-0.39, 0.29) is 17.9 Å². The first-order chi connectivity index (χ1) is 11.5. The number of amides is 2. The highest BCUT2D eigenvalue weighted by Crippen LogP contribution is 2.22. The smallest absolute Gasteiger partial charge is 0.245 e. The summed E-state index contributed by atoms with van der Waals surface area (Å²) in [5, 5.41) is 0.662. The predicted octanol–water partition coefficient (Wildman–Crippen LogP) is 1.65. The Bertz CT molecular complexity index is 597.